The third-order valence-corrected chi connectivity index (χ3v) is 6.94. The zero-order chi connectivity index (χ0) is 23.3. The summed E-state index contributed by atoms with van der Waals surface area (Å²) in [6, 6.07) is 10.2. The molecule has 0 saturated carbocycles. The van der Waals surface area contributed by atoms with Crippen molar-refractivity contribution >= 4 is 32.6 Å². The van der Waals surface area contributed by atoms with E-state index < -0.39 is 0 Å². The number of aryl methyl sites for hydroxylation is 3. The average molecular weight is 454 g/mol. The Labute approximate surface area is 196 Å². The van der Waals surface area contributed by atoms with Crippen molar-refractivity contribution in [2.45, 2.75) is 48.0 Å². The van der Waals surface area contributed by atoms with Crippen molar-refractivity contribution in [1.82, 2.24) is 9.88 Å². The number of amides is 1. The lowest BCUT2D eigenvalue weighted by Gasteiger charge is -2.25. The molecule has 3 rings (SSSR count). The second-order valence-electron chi connectivity index (χ2n) is 8.19. The minimum absolute atomic E-state index is 0.0938. The quantitative estimate of drug-likeness (QED) is 0.404. The van der Waals surface area contributed by atoms with Gasteiger partial charge in [0, 0.05) is 13.1 Å². The number of benzene rings is 2. The minimum atomic E-state index is 0.0938. The number of hydrogen-bond acceptors (Lipinski definition) is 5. The van der Waals surface area contributed by atoms with Crippen LogP contribution >= 0.6 is 11.3 Å². The van der Waals surface area contributed by atoms with Crippen LogP contribution in [0.2, 0.25) is 0 Å². The highest BCUT2D eigenvalue weighted by Crippen LogP contribution is 2.32. The Morgan fingerprint density at radius 3 is 2.31 bits per heavy atom. The van der Waals surface area contributed by atoms with Crippen molar-refractivity contribution in [1.29, 1.82) is 0 Å². The van der Waals surface area contributed by atoms with E-state index in [1.807, 2.05) is 30.0 Å². The Bertz CT molecular complexity index is 1050. The smallest absolute Gasteiger partial charge is 0.233 e. The molecule has 172 valence electrons. The highest BCUT2D eigenvalue weighted by Gasteiger charge is 2.22. The number of carbonyl (C=O) groups is 1. The summed E-state index contributed by atoms with van der Waals surface area (Å²) in [5, 5.41) is 0.758. The number of likely N-dealkylation sites (N-methyl/N-ethyl adjacent to an activating group) is 1. The van der Waals surface area contributed by atoms with E-state index in [1.165, 1.54) is 16.7 Å². The molecule has 6 heteroatoms. The first-order chi connectivity index (χ1) is 15.4. The molecule has 0 spiro atoms. The summed E-state index contributed by atoms with van der Waals surface area (Å²) in [5.74, 6) is 0.929. The van der Waals surface area contributed by atoms with Crippen LogP contribution in [0, 0.1) is 20.8 Å². The number of ether oxygens (including phenoxy) is 1. The van der Waals surface area contributed by atoms with Crippen molar-refractivity contribution in [3.05, 3.63) is 52.6 Å². The van der Waals surface area contributed by atoms with Crippen molar-refractivity contribution < 1.29 is 9.53 Å². The lowest BCUT2D eigenvalue weighted by atomic mass is 9.97. The second-order valence-corrected chi connectivity index (χ2v) is 9.19. The van der Waals surface area contributed by atoms with Gasteiger partial charge in [-0.05, 0) is 75.7 Å². The van der Waals surface area contributed by atoms with Gasteiger partial charge in [0.25, 0.3) is 0 Å². The number of thiazole rings is 1. The predicted octanol–water partition coefficient (Wildman–Crippen LogP) is 5.54. The van der Waals surface area contributed by atoms with E-state index in [0.29, 0.717) is 19.6 Å². The highest BCUT2D eigenvalue weighted by atomic mass is 32.1. The molecule has 0 aliphatic rings. The summed E-state index contributed by atoms with van der Waals surface area (Å²) in [5.41, 5.74) is 5.59. The van der Waals surface area contributed by atoms with E-state index in [0.717, 1.165) is 46.3 Å². The van der Waals surface area contributed by atoms with Gasteiger partial charge in [-0.1, -0.05) is 42.9 Å². The van der Waals surface area contributed by atoms with Crippen molar-refractivity contribution in [3.8, 4) is 5.75 Å². The van der Waals surface area contributed by atoms with Crippen LogP contribution in [0.25, 0.3) is 10.2 Å². The molecule has 0 fully saturated rings. The van der Waals surface area contributed by atoms with Crippen LogP contribution in [0.4, 0.5) is 5.13 Å². The van der Waals surface area contributed by atoms with Gasteiger partial charge < -0.3 is 9.64 Å². The van der Waals surface area contributed by atoms with Crippen molar-refractivity contribution in [3.63, 3.8) is 0 Å². The number of aromatic nitrogens is 1. The van der Waals surface area contributed by atoms with Gasteiger partial charge in [0.2, 0.25) is 5.91 Å². The van der Waals surface area contributed by atoms with Crippen LogP contribution in [-0.2, 0) is 11.2 Å². The average Bonchev–Trinajstić information content (AvgIpc) is 3.17. The molecule has 0 bridgehead atoms. The Hall–Kier alpha value is -2.44. The Kier molecular flexibility index (Phi) is 8.26. The van der Waals surface area contributed by atoms with Crippen LogP contribution < -0.4 is 9.64 Å². The third-order valence-electron chi connectivity index (χ3n) is 5.89. The fourth-order valence-corrected chi connectivity index (χ4v) is 5.15. The summed E-state index contributed by atoms with van der Waals surface area (Å²) < 4.78 is 6.68. The molecule has 0 aliphatic carbocycles. The van der Waals surface area contributed by atoms with Gasteiger partial charge in [-0.25, -0.2) is 4.98 Å². The van der Waals surface area contributed by atoms with Gasteiger partial charge in [0.1, 0.15) is 5.75 Å². The molecule has 0 unspecified atom stereocenters. The largest absolute Gasteiger partial charge is 0.494 e. The Morgan fingerprint density at radius 1 is 1.00 bits per heavy atom. The number of anilines is 1. The normalized spacial score (nSPS) is 11.3. The Morgan fingerprint density at radius 2 is 1.69 bits per heavy atom. The van der Waals surface area contributed by atoms with Gasteiger partial charge in [-0.3, -0.25) is 9.69 Å². The fraction of sp³-hybridized carbons (Fsp3) is 0.462. The van der Waals surface area contributed by atoms with Crippen LogP contribution in [0.3, 0.4) is 0 Å². The van der Waals surface area contributed by atoms with Gasteiger partial charge in [-0.15, -0.1) is 0 Å². The molecule has 0 saturated heterocycles. The number of nitrogens with zero attached hydrogens (tertiary/aromatic N) is 3. The number of hydrogen-bond donors (Lipinski definition) is 0. The first-order valence-corrected chi connectivity index (χ1v) is 12.3. The molecule has 0 radical (unpaired) electrons. The van der Waals surface area contributed by atoms with E-state index in [-0.39, 0.29) is 5.91 Å². The molecular formula is C26H35N3O2S. The summed E-state index contributed by atoms with van der Waals surface area (Å²) in [7, 11) is 0. The van der Waals surface area contributed by atoms with Gasteiger partial charge in [-0.2, -0.15) is 0 Å². The predicted molar refractivity (Wildman–Crippen MR) is 135 cm³/mol. The monoisotopic (exact) mass is 453 g/mol. The summed E-state index contributed by atoms with van der Waals surface area (Å²) in [6.45, 7) is 16.6. The van der Waals surface area contributed by atoms with Crippen LogP contribution in [0.1, 0.15) is 43.0 Å². The zero-order valence-corrected chi connectivity index (χ0v) is 21.0. The maximum absolute atomic E-state index is 13.6. The van der Waals surface area contributed by atoms with Gasteiger partial charge >= 0.3 is 0 Å². The summed E-state index contributed by atoms with van der Waals surface area (Å²) in [6.07, 6.45) is 0.385. The number of fused-ring (bicyclic) bond motifs is 1. The van der Waals surface area contributed by atoms with E-state index in [2.05, 4.69) is 51.7 Å². The third kappa shape index (κ3) is 5.67. The zero-order valence-electron chi connectivity index (χ0n) is 20.2. The molecule has 1 aromatic heterocycles. The number of rotatable bonds is 10. The van der Waals surface area contributed by atoms with Crippen LogP contribution in [-0.4, -0.2) is 48.6 Å². The molecule has 32 heavy (non-hydrogen) atoms. The van der Waals surface area contributed by atoms with E-state index >= 15 is 0 Å². The molecule has 2 aromatic carbocycles. The second kappa shape index (κ2) is 10.9. The SMILES string of the molecule is CCOc1ccc2nc(N(CCN(CC)CC)C(=O)Cc3c(C)cc(C)cc3C)sc2c1. The number of carbonyl (C=O) groups excluding carboxylic acids is 1. The van der Waals surface area contributed by atoms with E-state index in [4.69, 9.17) is 9.72 Å². The standard InChI is InChI=1S/C26H35N3O2S/c1-7-28(8-2)12-13-29(25(30)17-22-19(5)14-18(4)15-20(22)6)26-27-23-11-10-21(31-9-3)16-24(23)32-26/h10-11,14-16H,7-9,12-13,17H2,1-6H3. The van der Waals surface area contributed by atoms with E-state index in [1.54, 1.807) is 11.3 Å². The lowest BCUT2D eigenvalue weighted by molar-refractivity contribution is -0.118. The molecule has 0 atom stereocenters. The molecule has 1 amide bonds. The molecule has 0 aliphatic heterocycles. The van der Waals surface area contributed by atoms with Crippen LogP contribution in [0.5, 0.6) is 5.75 Å². The molecule has 1 heterocycles. The summed E-state index contributed by atoms with van der Waals surface area (Å²) >= 11 is 1.56. The minimum Gasteiger partial charge on any atom is -0.494 e. The summed E-state index contributed by atoms with van der Waals surface area (Å²) in [4.78, 5) is 22.6. The fourth-order valence-electron chi connectivity index (χ4n) is 4.11. The maximum Gasteiger partial charge on any atom is 0.233 e. The van der Waals surface area contributed by atoms with Crippen molar-refractivity contribution in [2.24, 2.45) is 0 Å². The first kappa shape index (κ1) is 24.2. The molecular weight excluding hydrogens is 418 g/mol. The Balaban J connectivity index is 1.92. The van der Waals surface area contributed by atoms with Crippen LogP contribution in [0.15, 0.2) is 30.3 Å². The van der Waals surface area contributed by atoms with Gasteiger partial charge in [0.15, 0.2) is 5.13 Å². The lowest BCUT2D eigenvalue weighted by Crippen LogP contribution is -2.39. The molecule has 0 N–H and O–H groups in total. The first-order valence-electron chi connectivity index (χ1n) is 11.5. The molecule has 3 aromatic rings. The van der Waals surface area contributed by atoms with E-state index in [9.17, 15) is 4.79 Å². The topological polar surface area (TPSA) is 45.7 Å². The maximum atomic E-state index is 13.6. The van der Waals surface area contributed by atoms with Gasteiger partial charge in [0.05, 0.1) is 23.2 Å². The molecule has 5 nitrogen and oxygen atoms in total. The van der Waals surface area contributed by atoms with Crippen molar-refractivity contribution in [2.75, 3.05) is 37.7 Å². The highest BCUT2D eigenvalue weighted by molar-refractivity contribution is 7.22.